The Bertz CT molecular complexity index is 1080. The van der Waals surface area contributed by atoms with Gasteiger partial charge >= 0.3 is 0 Å². The van der Waals surface area contributed by atoms with Gasteiger partial charge in [0.25, 0.3) is 13.1 Å². The van der Waals surface area contributed by atoms with Gasteiger partial charge in [-0.05, 0) is 24.3 Å². The molecule has 0 saturated carbocycles. The molecule has 0 atom stereocenters. The summed E-state index contributed by atoms with van der Waals surface area (Å²) in [5, 5.41) is 0. The van der Waals surface area contributed by atoms with Gasteiger partial charge < -0.3 is 14.2 Å². The predicted molar refractivity (Wildman–Crippen MR) is 111 cm³/mol. The molecule has 28 heavy (non-hydrogen) atoms. The van der Waals surface area contributed by atoms with Crippen LogP contribution in [0.1, 0.15) is 0 Å². The van der Waals surface area contributed by atoms with Gasteiger partial charge in [0.05, 0.1) is 35.4 Å². The Labute approximate surface area is 173 Å². The average Bonchev–Trinajstić information content (AvgIpc) is 2.69. The molecule has 0 aliphatic rings. The third kappa shape index (κ3) is 4.78. The van der Waals surface area contributed by atoms with Gasteiger partial charge in [-0.1, -0.05) is 12.1 Å². The van der Waals surface area contributed by atoms with Crippen molar-refractivity contribution in [3.63, 3.8) is 0 Å². The Kier molecular flexibility index (Phi) is 6.14. The fourth-order valence-corrected chi connectivity index (χ4v) is 3.28. The standard InChI is InChI=1S/C17H15IN4O5S/c1-25-12-5-3-4-6-13(12)27-14-16(22-28(18,23)24)20-15(21-17(14)26-2)11-7-9-19-10-8-11/h3-10H,1-2H3,(H,20,21,22). The van der Waals surface area contributed by atoms with E-state index in [0.29, 0.717) is 17.1 Å². The van der Waals surface area contributed by atoms with E-state index in [1.54, 1.807) is 48.8 Å². The minimum atomic E-state index is -3.68. The first kappa shape index (κ1) is 20.1. The van der Waals surface area contributed by atoms with Crippen LogP contribution < -0.4 is 18.9 Å². The minimum Gasteiger partial charge on any atom is -0.493 e. The van der Waals surface area contributed by atoms with Crippen molar-refractivity contribution >= 4 is 34.2 Å². The van der Waals surface area contributed by atoms with Gasteiger partial charge in [-0.15, -0.1) is 0 Å². The van der Waals surface area contributed by atoms with Crippen LogP contribution in [-0.2, 0) is 7.19 Å². The van der Waals surface area contributed by atoms with E-state index in [1.807, 2.05) is 0 Å². The van der Waals surface area contributed by atoms with Crippen LogP contribution in [0, 0.1) is 0 Å². The van der Waals surface area contributed by atoms with Gasteiger partial charge in [-0.25, -0.2) is 4.98 Å². The maximum Gasteiger partial charge on any atom is 0.287 e. The molecule has 0 aliphatic carbocycles. The molecule has 2 heterocycles. The first-order chi connectivity index (χ1) is 13.4. The van der Waals surface area contributed by atoms with E-state index in [2.05, 4.69) is 19.7 Å². The summed E-state index contributed by atoms with van der Waals surface area (Å²) in [6, 6.07) is 10.3. The topological polar surface area (TPSA) is 113 Å². The van der Waals surface area contributed by atoms with E-state index in [-0.39, 0.29) is 23.3 Å². The number of hydrogen-bond acceptors (Lipinski definition) is 8. The Balaban J connectivity index is 2.16. The van der Waals surface area contributed by atoms with Gasteiger partial charge in [-0.3, -0.25) is 9.71 Å². The van der Waals surface area contributed by atoms with Crippen molar-refractivity contribution in [3.8, 4) is 34.5 Å². The molecule has 146 valence electrons. The third-order valence-electron chi connectivity index (χ3n) is 3.47. The van der Waals surface area contributed by atoms with Gasteiger partial charge in [0.2, 0.25) is 5.75 Å². The van der Waals surface area contributed by atoms with Gasteiger partial charge in [0, 0.05) is 18.0 Å². The lowest BCUT2D eigenvalue weighted by Crippen LogP contribution is -2.10. The van der Waals surface area contributed by atoms with E-state index in [0.717, 1.165) is 0 Å². The number of aromatic nitrogens is 3. The summed E-state index contributed by atoms with van der Waals surface area (Å²) in [7, 11) is -0.785. The maximum absolute atomic E-state index is 11.9. The molecule has 0 radical (unpaired) electrons. The predicted octanol–water partition coefficient (Wildman–Crippen LogP) is 3.44. The zero-order chi connectivity index (χ0) is 20.1. The first-order valence-corrected chi connectivity index (χ1v) is 11.8. The largest absolute Gasteiger partial charge is 0.493 e. The van der Waals surface area contributed by atoms with Crippen LogP contribution in [0.3, 0.4) is 0 Å². The molecular weight excluding hydrogens is 499 g/mol. The molecule has 2 aromatic heterocycles. The summed E-state index contributed by atoms with van der Waals surface area (Å²) >= 11 is 1.26. The number of para-hydroxylation sites is 2. The Morgan fingerprint density at radius 2 is 1.64 bits per heavy atom. The minimum absolute atomic E-state index is 0.00467. The first-order valence-electron chi connectivity index (χ1n) is 7.81. The number of methoxy groups -OCH3 is 2. The highest BCUT2D eigenvalue weighted by atomic mass is 127. The van der Waals surface area contributed by atoms with Crippen LogP contribution in [0.2, 0.25) is 0 Å². The third-order valence-corrected chi connectivity index (χ3v) is 4.56. The summed E-state index contributed by atoms with van der Waals surface area (Å²) in [4.78, 5) is 12.6. The zero-order valence-electron chi connectivity index (χ0n) is 14.8. The lowest BCUT2D eigenvalue weighted by molar-refractivity contribution is 0.348. The summed E-state index contributed by atoms with van der Waals surface area (Å²) < 4.78 is 42.5. The molecule has 0 aliphatic heterocycles. The second kappa shape index (κ2) is 8.56. The number of hydrogen-bond donors (Lipinski definition) is 1. The van der Waals surface area contributed by atoms with E-state index < -0.39 is 7.19 Å². The Morgan fingerprint density at radius 3 is 2.25 bits per heavy atom. The number of rotatable bonds is 7. The molecule has 0 saturated heterocycles. The van der Waals surface area contributed by atoms with Crippen LogP contribution >= 0.6 is 21.2 Å². The number of anilines is 1. The van der Waals surface area contributed by atoms with Crippen LogP contribution in [-0.4, -0.2) is 37.6 Å². The molecule has 0 amide bonds. The molecule has 0 unspecified atom stereocenters. The van der Waals surface area contributed by atoms with Crippen molar-refractivity contribution in [2.75, 3.05) is 18.9 Å². The van der Waals surface area contributed by atoms with Crippen molar-refractivity contribution in [1.82, 2.24) is 15.0 Å². The smallest absolute Gasteiger partial charge is 0.287 e. The molecule has 9 nitrogen and oxygen atoms in total. The highest BCUT2D eigenvalue weighted by molar-refractivity contribution is 14.2. The Hall–Kier alpha value is -2.67. The number of nitrogens with zero attached hydrogens (tertiary/aromatic N) is 3. The normalized spacial score (nSPS) is 11.0. The Morgan fingerprint density at radius 1 is 0.964 bits per heavy atom. The highest BCUT2D eigenvalue weighted by Gasteiger charge is 2.22. The molecule has 0 fully saturated rings. The average molecular weight is 514 g/mol. The van der Waals surface area contributed by atoms with Crippen LogP contribution in [0.25, 0.3) is 11.4 Å². The van der Waals surface area contributed by atoms with E-state index in [4.69, 9.17) is 14.2 Å². The van der Waals surface area contributed by atoms with Crippen LogP contribution in [0.15, 0.2) is 48.8 Å². The molecule has 0 spiro atoms. The van der Waals surface area contributed by atoms with E-state index >= 15 is 0 Å². The van der Waals surface area contributed by atoms with Crippen molar-refractivity contribution in [2.45, 2.75) is 0 Å². The number of benzene rings is 1. The molecule has 3 aromatic rings. The molecule has 3 rings (SSSR count). The lowest BCUT2D eigenvalue weighted by atomic mass is 10.2. The van der Waals surface area contributed by atoms with Crippen LogP contribution in [0.4, 0.5) is 5.82 Å². The molecule has 0 bridgehead atoms. The number of nitrogens with one attached hydrogen (secondary N) is 1. The lowest BCUT2D eigenvalue weighted by Gasteiger charge is -2.16. The second-order valence-electron chi connectivity index (χ2n) is 5.26. The van der Waals surface area contributed by atoms with Crippen molar-refractivity contribution in [1.29, 1.82) is 0 Å². The fourth-order valence-electron chi connectivity index (χ4n) is 2.29. The van der Waals surface area contributed by atoms with Gasteiger partial charge in [0.1, 0.15) is 0 Å². The van der Waals surface area contributed by atoms with Crippen molar-refractivity contribution < 1.29 is 22.6 Å². The van der Waals surface area contributed by atoms with Crippen molar-refractivity contribution in [2.24, 2.45) is 0 Å². The summed E-state index contributed by atoms with van der Waals surface area (Å²) in [6.07, 6.45) is 3.15. The van der Waals surface area contributed by atoms with E-state index in [1.165, 1.54) is 35.4 Å². The fraction of sp³-hybridized carbons (Fsp3) is 0.118. The molecular formula is C17H15IN4O5S. The number of ether oxygens (including phenoxy) is 3. The number of halogens is 1. The quantitative estimate of drug-likeness (QED) is 0.377. The summed E-state index contributed by atoms with van der Waals surface area (Å²) in [5.41, 5.74) is 0.631. The molecule has 1 aromatic carbocycles. The van der Waals surface area contributed by atoms with Gasteiger partial charge in [0.15, 0.2) is 23.1 Å². The molecule has 1 N–H and O–H groups in total. The van der Waals surface area contributed by atoms with Gasteiger partial charge in [-0.2, -0.15) is 13.4 Å². The van der Waals surface area contributed by atoms with Crippen LogP contribution in [0.5, 0.6) is 23.1 Å². The van der Waals surface area contributed by atoms with E-state index in [9.17, 15) is 8.42 Å². The summed E-state index contributed by atoms with van der Waals surface area (Å²) in [5.74, 6) is 1.02. The zero-order valence-corrected chi connectivity index (χ0v) is 17.8. The SMILES string of the molecule is COc1ccccc1Oc1c(NS(=O)(=O)I)nc(-c2ccncc2)nc1OC. The molecule has 11 heteroatoms. The van der Waals surface area contributed by atoms with Crippen molar-refractivity contribution in [3.05, 3.63) is 48.8 Å². The monoisotopic (exact) mass is 514 g/mol. The highest BCUT2D eigenvalue weighted by Crippen LogP contribution is 2.41. The summed E-state index contributed by atoms with van der Waals surface area (Å²) in [6.45, 7) is 0. The number of pyridine rings is 1. The maximum atomic E-state index is 11.9. The second-order valence-corrected chi connectivity index (χ2v) is 9.82.